The molecule has 5 atom stereocenters. The van der Waals surface area contributed by atoms with Gasteiger partial charge in [-0.15, -0.1) is 21.5 Å². The van der Waals surface area contributed by atoms with E-state index in [1.807, 2.05) is 79.0 Å². The second-order valence-corrected chi connectivity index (χ2v) is 35.1. The Morgan fingerprint density at radius 3 is 2.25 bits per heavy atom. The normalized spacial score (nSPS) is 23.4. The highest BCUT2D eigenvalue weighted by Crippen LogP contribution is 2.72. The fourth-order valence-electron chi connectivity index (χ4n) is 18.6. The number of likely N-dealkylation sites (N-methyl/N-ethyl adjacent to an activating group) is 1. The number of aliphatic hydroxyl groups is 1. The summed E-state index contributed by atoms with van der Waals surface area (Å²) in [6, 6.07) is 15.8. The fraction of sp³-hybridized carbons (Fsp3) is 0.600. The molecule has 1 saturated heterocycles. The van der Waals surface area contributed by atoms with Crippen molar-refractivity contribution in [3.63, 3.8) is 0 Å². The summed E-state index contributed by atoms with van der Waals surface area (Å²) < 4.78 is 31.6. The maximum Gasteiger partial charge on any atom is 0.355 e. The number of fused-ring (bicyclic) bond motifs is 2. The molecule has 2 aliphatic heterocycles. The molecule has 3 amide bonds. The summed E-state index contributed by atoms with van der Waals surface area (Å²) in [6.45, 7) is 21.1. The fourth-order valence-corrected chi connectivity index (χ4v) is 20.3. The molecule has 5 aliphatic carbocycles. The quantitative estimate of drug-likeness (QED) is 0.0240. The average Bonchev–Trinajstić information content (AvgIpc) is 0.945. The van der Waals surface area contributed by atoms with Gasteiger partial charge in [0.1, 0.15) is 23.7 Å². The Bertz CT molecular complexity index is 4230. The van der Waals surface area contributed by atoms with Gasteiger partial charge in [-0.2, -0.15) is 5.10 Å². The highest BCUT2D eigenvalue weighted by atomic mass is 32.1. The number of alkyl halides is 1. The number of thiazole rings is 2. The number of likely N-dealkylation sites (tertiary alicyclic amines) is 1. The number of ether oxygens (including phenoxy) is 2. The molecule has 2 aromatic carbocycles. The van der Waals surface area contributed by atoms with Crippen molar-refractivity contribution in [1.82, 2.24) is 55.4 Å². The van der Waals surface area contributed by atoms with Gasteiger partial charge in [0.15, 0.2) is 28.1 Å². The Balaban J connectivity index is 0.523. The van der Waals surface area contributed by atoms with Crippen molar-refractivity contribution in [2.75, 3.05) is 56.7 Å². The van der Waals surface area contributed by atoms with E-state index in [2.05, 4.69) is 69.5 Å². The van der Waals surface area contributed by atoms with Crippen LogP contribution in [0.25, 0.3) is 31.8 Å². The van der Waals surface area contributed by atoms with E-state index in [1.54, 1.807) is 43.4 Å². The molecule has 14 rings (SSSR count). The summed E-state index contributed by atoms with van der Waals surface area (Å²) in [4.78, 5) is 74.8. The van der Waals surface area contributed by atoms with E-state index < -0.39 is 53.0 Å². The van der Waals surface area contributed by atoms with Crippen molar-refractivity contribution in [2.24, 2.45) is 21.7 Å². The van der Waals surface area contributed by atoms with Gasteiger partial charge in [0.25, 0.3) is 5.91 Å². The number of rotatable bonds is 33. The number of carbonyl (C=O) groups is 4. The lowest BCUT2D eigenvalue weighted by molar-refractivity contribution is -0.248. The second-order valence-electron chi connectivity index (χ2n) is 33.2. The molecule has 0 spiro atoms. The minimum absolute atomic E-state index is 0.00833. The molecule has 5 saturated carbocycles. The predicted molar refractivity (Wildman–Crippen MR) is 406 cm³/mol. The van der Waals surface area contributed by atoms with Crippen molar-refractivity contribution < 1.29 is 43.3 Å². The number of aliphatic hydroxyl groups excluding tert-OH is 1. The van der Waals surface area contributed by atoms with Crippen LogP contribution in [0.4, 0.5) is 27.0 Å². The first kappa shape index (κ1) is 74.8. The molecule has 2 unspecified atom stereocenters. The number of benzene rings is 2. The number of para-hydroxylation sites is 1. The van der Waals surface area contributed by atoms with Gasteiger partial charge in [-0.25, -0.2) is 24.1 Å². The molecule has 21 nitrogen and oxygen atoms in total. The number of aromatic nitrogens is 7. The SMILES string of the molecule is Cc1ncsc1-c1ccc(CNC(=O)[C@@H]2C[C@@H](O)CN2C(=O)[C@@H](NC(=O)C2(F)CC2)C(C)(C)C)c(OCCCCCCCCCCCCCN(C)CCOC23CC4(C)CC(C)(CC(Cn5ncc(-c6ccc(N7CCCc8c7nnc(Nc7nc9ccccc9s7)c8C)nc6C(=O)O)c5C)(C4)C2)C3)c1. The lowest BCUT2D eigenvalue weighted by Gasteiger charge is -2.69. The van der Waals surface area contributed by atoms with Crippen LogP contribution in [-0.4, -0.2) is 155 Å². The van der Waals surface area contributed by atoms with Crippen LogP contribution in [0.5, 0.6) is 5.75 Å². The molecule has 7 aromatic rings. The number of carbonyl (C=O) groups excluding carboxylic acids is 3. The number of pyridine rings is 1. The highest BCUT2D eigenvalue weighted by molar-refractivity contribution is 7.22. The maximum absolute atomic E-state index is 14.7. The molecular formula is C80H106FN13O8S2. The minimum Gasteiger partial charge on any atom is -0.493 e. The zero-order chi connectivity index (χ0) is 73.3. The standard InChI is InChI=1S/C80H106FN13O8S2/c1-51-57-24-23-34-92(69(57)90-89-68(51)88-74-85-60-25-19-20-26-63(60)104-74)64-30-29-58(65(86-64)72(98)99)59-41-84-94(53(59)3)49-78-44-76(7)43-77(8,45-78)47-79(46-76,48-78)102-37-35-91(9)33-21-17-15-13-11-10-12-14-16-18-22-36-101-62-38-54(66-52(2)83-50-103-66)27-28-55(62)40-82-70(96)61-39-56(95)42-93(61)71(97)67(75(4,5)6)87-73(100)80(81)31-32-80/h19-20,25-30,38,41,50,56,61,67,95H,10-18,21-24,31-37,39-40,42-49H2,1-9H3,(H,82,96)(H,87,100)(H,98,99)(H,85,88,89)/t56-,61+,67-,76?,77?,78?,79?/m1/s1. The van der Waals surface area contributed by atoms with E-state index in [1.165, 1.54) is 62.7 Å². The smallest absolute Gasteiger partial charge is 0.355 e. The van der Waals surface area contributed by atoms with Gasteiger partial charge in [0, 0.05) is 72.7 Å². The lowest BCUT2D eigenvalue weighted by Crippen LogP contribution is -2.64. The number of hydrogen-bond donors (Lipinski definition) is 5. The Kier molecular flexibility index (Phi) is 22.1. The lowest BCUT2D eigenvalue weighted by atomic mass is 9.39. The number of carboxylic acids is 1. The third kappa shape index (κ3) is 16.7. The number of amides is 3. The number of nitrogens with one attached hydrogen (secondary N) is 3. The van der Waals surface area contributed by atoms with Crippen LogP contribution in [0, 0.1) is 42.4 Å². The third-order valence-electron chi connectivity index (χ3n) is 23.0. The van der Waals surface area contributed by atoms with Crippen molar-refractivity contribution in [2.45, 2.75) is 239 Å². The Morgan fingerprint density at radius 2 is 1.56 bits per heavy atom. The van der Waals surface area contributed by atoms with Crippen molar-refractivity contribution >= 4 is 79.2 Å². The van der Waals surface area contributed by atoms with Gasteiger partial charge in [0.2, 0.25) is 11.8 Å². The van der Waals surface area contributed by atoms with E-state index in [4.69, 9.17) is 29.6 Å². The molecule has 5 N–H and O–H groups in total. The largest absolute Gasteiger partial charge is 0.493 e. The number of aromatic carboxylic acids is 1. The van der Waals surface area contributed by atoms with Crippen LogP contribution in [-0.2, 0) is 38.6 Å². The number of nitrogens with zero attached hydrogens (tertiary/aromatic N) is 10. The van der Waals surface area contributed by atoms with Crippen LogP contribution < -0.4 is 25.6 Å². The number of anilines is 4. The molecule has 7 heterocycles. The first-order valence-corrected chi connectivity index (χ1v) is 39.7. The van der Waals surface area contributed by atoms with Gasteiger partial charge < -0.3 is 50.3 Å². The monoisotopic (exact) mass is 1460 g/mol. The summed E-state index contributed by atoms with van der Waals surface area (Å²) in [5.41, 5.74) is 7.20. The van der Waals surface area contributed by atoms with Gasteiger partial charge >= 0.3 is 5.97 Å². The minimum atomic E-state index is -1.97. The molecule has 0 radical (unpaired) electrons. The van der Waals surface area contributed by atoms with Gasteiger partial charge in [0.05, 0.1) is 57.4 Å². The average molecular weight is 1460 g/mol. The van der Waals surface area contributed by atoms with E-state index in [0.717, 1.165) is 150 Å². The topological polar surface area (TPSA) is 255 Å². The number of aryl methyl sites for hydroxylation is 1. The molecule has 7 aliphatic rings. The van der Waals surface area contributed by atoms with E-state index in [0.29, 0.717) is 41.9 Å². The Hall–Kier alpha value is -7.51. The summed E-state index contributed by atoms with van der Waals surface area (Å²) in [7, 11) is 2.24. The molecule has 24 heteroatoms. The third-order valence-corrected chi connectivity index (χ3v) is 24.9. The zero-order valence-corrected chi connectivity index (χ0v) is 63.9. The maximum atomic E-state index is 14.7. The van der Waals surface area contributed by atoms with Crippen LogP contribution >= 0.6 is 22.7 Å². The van der Waals surface area contributed by atoms with Gasteiger partial charge in [-0.3, -0.25) is 19.1 Å². The van der Waals surface area contributed by atoms with Crippen molar-refractivity contribution in [3.8, 4) is 27.3 Å². The van der Waals surface area contributed by atoms with Gasteiger partial charge in [-0.05, 0) is 169 Å². The van der Waals surface area contributed by atoms with Crippen LogP contribution in [0.3, 0.4) is 0 Å². The molecular weight excluding hydrogens is 1350 g/mol. The summed E-state index contributed by atoms with van der Waals surface area (Å²) in [5, 5.41) is 45.6. The molecule has 6 fully saturated rings. The first-order chi connectivity index (χ1) is 49.7. The van der Waals surface area contributed by atoms with Crippen LogP contribution in [0.1, 0.15) is 208 Å². The number of halogens is 1. The zero-order valence-electron chi connectivity index (χ0n) is 62.3. The molecule has 5 aromatic heterocycles. The van der Waals surface area contributed by atoms with Gasteiger partial charge in [-0.1, -0.05) is 128 Å². The summed E-state index contributed by atoms with van der Waals surface area (Å²) >= 11 is 3.14. The van der Waals surface area contributed by atoms with E-state index in [-0.39, 0.29) is 59.9 Å². The Morgan fingerprint density at radius 1 is 0.837 bits per heavy atom. The van der Waals surface area contributed by atoms with Crippen LogP contribution in [0.2, 0.25) is 0 Å². The second kappa shape index (κ2) is 30.8. The van der Waals surface area contributed by atoms with Crippen LogP contribution in [0.15, 0.2) is 66.3 Å². The van der Waals surface area contributed by atoms with E-state index >= 15 is 0 Å². The summed E-state index contributed by atoms with van der Waals surface area (Å²) in [5.74, 6) is -0.298. The number of unbranched alkanes of at least 4 members (excludes halogenated alkanes) is 10. The highest BCUT2D eigenvalue weighted by Gasteiger charge is 2.66. The molecule has 104 heavy (non-hydrogen) atoms. The number of β-amino-alcohol motifs (C(OH)–C–C–N with tert-alkyl or cyclic N) is 1. The number of carboxylic acid groups (broad SMARTS) is 1. The van der Waals surface area contributed by atoms with E-state index in [9.17, 15) is 33.8 Å². The van der Waals surface area contributed by atoms with Crippen molar-refractivity contribution in [1.29, 1.82) is 0 Å². The van der Waals surface area contributed by atoms with Crippen molar-refractivity contribution in [3.05, 3.63) is 100 Å². The number of hydrogen-bond acceptors (Lipinski definition) is 18. The molecule has 558 valence electrons. The predicted octanol–water partition coefficient (Wildman–Crippen LogP) is 15.0. The first-order valence-electron chi connectivity index (χ1n) is 38.0. The Labute approximate surface area is 619 Å². The summed E-state index contributed by atoms with van der Waals surface area (Å²) in [6.07, 6.45) is 22.4. The molecule has 4 bridgehead atoms.